The van der Waals surface area contributed by atoms with Crippen LogP contribution in [0.4, 0.5) is 11.5 Å². The van der Waals surface area contributed by atoms with Crippen molar-refractivity contribution in [3.63, 3.8) is 0 Å². The second kappa shape index (κ2) is 6.18. The number of rotatable bonds is 6. The van der Waals surface area contributed by atoms with Crippen molar-refractivity contribution in [3.8, 4) is 0 Å². The molecular formula is C12H19N3O2. The molecule has 94 valence electrons. The van der Waals surface area contributed by atoms with E-state index in [1.165, 1.54) is 12.3 Å². The lowest BCUT2D eigenvalue weighted by Gasteiger charge is -2.13. The van der Waals surface area contributed by atoms with Crippen LogP contribution in [0.5, 0.6) is 0 Å². The lowest BCUT2D eigenvalue weighted by molar-refractivity contribution is -0.385. The predicted molar refractivity (Wildman–Crippen MR) is 68.2 cm³/mol. The summed E-state index contributed by atoms with van der Waals surface area (Å²) < 4.78 is 0. The quantitative estimate of drug-likeness (QED) is 0.609. The Bertz CT molecular complexity index is 389. The van der Waals surface area contributed by atoms with Crippen molar-refractivity contribution in [1.29, 1.82) is 0 Å². The molecule has 0 radical (unpaired) electrons. The molecule has 0 aromatic carbocycles. The van der Waals surface area contributed by atoms with Gasteiger partial charge in [0.1, 0.15) is 5.82 Å². The topological polar surface area (TPSA) is 68.1 Å². The van der Waals surface area contributed by atoms with Crippen LogP contribution in [0.2, 0.25) is 0 Å². The lowest BCUT2D eigenvalue weighted by Crippen LogP contribution is -2.13. The van der Waals surface area contributed by atoms with Crippen molar-refractivity contribution in [1.82, 2.24) is 4.98 Å². The van der Waals surface area contributed by atoms with Gasteiger partial charge in [-0.05, 0) is 12.8 Å². The average molecular weight is 237 g/mol. The zero-order chi connectivity index (χ0) is 12.8. The van der Waals surface area contributed by atoms with Gasteiger partial charge in [0.25, 0.3) is 5.69 Å². The minimum Gasteiger partial charge on any atom is -0.370 e. The van der Waals surface area contributed by atoms with E-state index in [1.807, 2.05) is 0 Å². The third-order valence-electron chi connectivity index (χ3n) is 3.00. The summed E-state index contributed by atoms with van der Waals surface area (Å²) in [4.78, 5) is 14.5. The molecule has 0 fully saturated rings. The fourth-order valence-electron chi connectivity index (χ4n) is 1.63. The van der Waals surface area contributed by atoms with Crippen molar-refractivity contribution < 1.29 is 4.92 Å². The molecule has 1 heterocycles. The van der Waals surface area contributed by atoms with Crippen molar-refractivity contribution in [2.45, 2.75) is 33.6 Å². The molecule has 1 rings (SSSR count). The van der Waals surface area contributed by atoms with Crippen LogP contribution in [-0.4, -0.2) is 16.5 Å². The van der Waals surface area contributed by atoms with E-state index in [0.717, 1.165) is 19.4 Å². The largest absolute Gasteiger partial charge is 0.370 e. The average Bonchev–Trinajstić information content (AvgIpc) is 2.32. The maximum atomic E-state index is 10.8. The van der Waals surface area contributed by atoms with Gasteiger partial charge in [0, 0.05) is 18.3 Å². The van der Waals surface area contributed by atoms with Gasteiger partial charge in [-0.15, -0.1) is 0 Å². The van der Waals surface area contributed by atoms with E-state index >= 15 is 0 Å². The molecule has 0 saturated heterocycles. The number of aromatic nitrogens is 1. The van der Waals surface area contributed by atoms with E-state index < -0.39 is 0 Å². The summed E-state index contributed by atoms with van der Waals surface area (Å²) in [6.45, 7) is 6.78. The summed E-state index contributed by atoms with van der Waals surface area (Å²) in [5.74, 6) is 1.16. The molecule has 0 aliphatic rings. The predicted octanol–water partition coefficient (Wildman–Crippen LogP) is 3.15. The van der Waals surface area contributed by atoms with E-state index in [9.17, 15) is 10.1 Å². The Labute approximate surface area is 101 Å². The van der Waals surface area contributed by atoms with Crippen LogP contribution in [-0.2, 0) is 0 Å². The number of aryl methyl sites for hydroxylation is 1. The van der Waals surface area contributed by atoms with Gasteiger partial charge in [-0.25, -0.2) is 4.98 Å². The Morgan fingerprint density at radius 2 is 2.12 bits per heavy atom. The van der Waals surface area contributed by atoms with E-state index in [2.05, 4.69) is 24.1 Å². The minimum atomic E-state index is -0.376. The molecule has 17 heavy (non-hydrogen) atoms. The molecular weight excluding hydrogens is 218 g/mol. The monoisotopic (exact) mass is 237 g/mol. The fraction of sp³-hybridized carbons (Fsp3) is 0.583. The minimum absolute atomic E-state index is 0.118. The first-order valence-corrected chi connectivity index (χ1v) is 5.93. The summed E-state index contributed by atoms with van der Waals surface area (Å²) in [5.41, 5.74) is 0.704. The zero-order valence-electron chi connectivity index (χ0n) is 10.6. The Kier molecular flexibility index (Phi) is 4.87. The molecule has 0 amide bonds. The molecule has 0 bridgehead atoms. The Balaban J connectivity index is 2.72. The molecule has 0 aliphatic heterocycles. The number of pyridine rings is 1. The fourth-order valence-corrected chi connectivity index (χ4v) is 1.63. The molecule has 0 unspecified atom stereocenters. The first-order valence-electron chi connectivity index (χ1n) is 5.93. The molecule has 1 N–H and O–H groups in total. The van der Waals surface area contributed by atoms with Gasteiger partial charge >= 0.3 is 0 Å². The standard InChI is InChI=1S/C12H19N3O2/c1-4-10(5-2)8-14-12-6-11(15(16)17)9(3)7-13-12/h6-7,10H,4-5,8H2,1-3H3,(H,13,14). The van der Waals surface area contributed by atoms with Gasteiger partial charge < -0.3 is 5.32 Å². The molecule has 1 aromatic heterocycles. The second-order valence-corrected chi connectivity index (χ2v) is 4.18. The smallest absolute Gasteiger partial charge is 0.277 e. The molecule has 0 aliphatic carbocycles. The highest BCUT2D eigenvalue weighted by Crippen LogP contribution is 2.20. The summed E-state index contributed by atoms with van der Waals surface area (Å²) in [7, 11) is 0. The van der Waals surface area contributed by atoms with Gasteiger partial charge in [0.2, 0.25) is 0 Å². The SMILES string of the molecule is CCC(CC)CNc1cc([N+](=O)[O-])c(C)cn1. The summed E-state index contributed by atoms with van der Waals surface area (Å²) >= 11 is 0. The van der Waals surface area contributed by atoms with Crippen LogP contribution >= 0.6 is 0 Å². The first kappa shape index (κ1) is 13.4. The maximum Gasteiger partial charge on any atom is 0.277 e. The van der Waals surface area contributed by atoms with Crippen molar-refractivity contribution in [2.75, 3.05) is 11.9 Å². The summed E-state index contributed by atoms with van der Waals surface area (Å²) in [6.07, 6.45) is 3.72. The van der Waals surface area contributed by atoms with E-state index in [4.69, 9.17) is 0 Å². The number of anilines is 1. The van der Waals surface area contributed by atoms with Gasteiger partial charge in [0.15, 0.2) is 0 Å². The van der Waals surface area contributed by atoms with Crippen LogP contribution in [0.1, 0.15) is 32.3 Å². The number of nitrogens with zero attached hydrogens (tertiary/aromatic N) is 2. The lowest BCUT2D eigenvalue weighted by atomic mass is 10.0. The first-order chi connectivity index (χ1) is 8.08. The van der Waals surface area contributed by atoms with E-state index in [1.54, 1.807) is 6.92 Å². The third kappa shape index (κ3) is 3.69. The number of hydrogen-bond acceptors (Lipinski definition) is 4. The summed E-state index contributed by atoms with van der Waals surface area (Å²) in [6, 6.07) is 1.50. The zero-order valence-corrected chi connectivity index (χ0v) is 10.6. The Hall–Kier alpha value is -1.65. The molecule has 0 spiro atoms. The van der Waals surface area contributed by atoms with Crippen LogP contribution in [0.25, 0.3) is 0 Å². The van der Waals surface area contributed by atoms with Gasteiger partial charge in [-0.1, -0.05) is 26.7 Å². The molecule has 0 atom stereocenters. The van der Waals surface area contributed by atoms with Crippen molar-refractivity contribution in [3.05, 3.63) is 27.9 Å². The van der Waals surface area contributed by atoms with E-state index in [0.29, 0.717) is 17.3 Å². The van der Waals surface area contributed by atoms with Gasteiger partial charge in [-0.3, -0.25) is 10.1 Å². The normalized spacial score (nSPS) is 10.6. The highest BCUT2D eigenvalue weighted by molar-refractivity contribution is 5.48. The third-order valence-corrected chi connectivity index (χ3v) is 3.00. The second-order valence-electron chi connectivity index (χ2n) is 4.18. The molecule has 5 heteroatoms. The van der Waals surface area contributed by atoms with Crippen LogP contribution in [0.15, 0.2) is 12.3 Å². The van der Waals surface area contributed by atoms with Gasteiger partial charge in [0.05, 0.1) is 11.0 Å². The highest BCUT2D eigenvalue weighted by atomic mass is 16.6. The Morgan fingerprint density at radius 3 is 2.65 bits per heavy atom. The van der Waals surface area contributed by atoms with Gasteiger partial charge in [-0.2, -0.15) is 0 Å². The van der Waals surface area contributed by atoms with Crippen molar-refractivity contribution >= 4 is 11.5 Å². The molecule has 5 nitrogen and oxygen atoms in total. The number of nitrogens with one attached hydrogen (secondary N) is 1. The van der Waals surface area contributed by atoms with Crippen LogP contribution in [0, 0.1) is 23.0 Å². The van der Waals surface area contributed by atoms with Crippen molar-refractivity contribution in [2.24, 2.45) is 5.92 Å². The van der Waals surface area contributed by atoms with Crippen LogP contribution < -0.4 is 5.32 Å². The number of hydrogen-bond donors (Lipinski definition) is 1. The van der Waals surface area contributed by atoms with E-state index in [-0.39, 0.29) is 10.6 Å². The number of nitro groups is 1. The molecule has 1 aromatic rings. The summed E-state index contributed by atoms with van der Waals surface area (Å²) in [5, 5.41) is 13.9. The Morgan fingerprint density at radius 1 is 1.47 bits per heavy atom. The maximum absolute atomic E-state index is 10.8. The molecule has 0 saturated carbocycles. The highest BCUT2D eigenvalue weighted by Gasteiger charge is 2.12. The van der Waals surface area contributed by atoms with Crippen LogP contribution in [0.3, 0.4) is 0 Å².